The van der Waals surface area contributed by atoms with Gasteiger partial charge in [-0.15, -0.1) is 0 Å². The van der Waals surface area contributed by atoms with E-state index in [0.29, 0.717) is 5.92 Å². The maximum atomic E-state index is 4.12. The SMILES string of the molecule is c1cc(CC(Cc2ccncc2)c2ccncc2)ccn1. The van der Waals surface area contributed by atoms with Crippen molar-refractivity contribution in [2.24, 2.45) is 0 Å². The number of hydrogen-bond acceptors (Lipinski definition) is 3. The molecule has 3 heterocycles. The van der Waals surface area contributed by atoms with Crippen LogP contribution in [0.4, 0.5) is 0 Å². The van der Waals surface area contributed by atoms with Crippen molar-refractivity contribution in [1.82, 2.24) is 15.0 Å². The Morgan fingerprint density at radius 2 is 0.952 bits per heavy atom. The van der Waals surface area contributed by atoms with E-state index in [0.717, 1.165) is 12.8 Å². The van der Waals surface area contributed by atoms with Gasteiger partial charge in [0.25, 0.3) is 0 Å². The molecule has 3 aromatic heterocycles. The monoisotopic (exact) mass is 275 g/mol. The van der Waals surface area contributed by atoms with Gasteiger partial charge in [0.1, 0.15) is 0 Å². The van der Waals surface area contributed by atoms with E-state index in [1.165, 1.54) is 16.7 Å². The van der Waals surface area contributed by atoms with Crippen molar-refractivity contribution in [3.8, 4) is 0 Å². The first-order chi connectivity index (χ1) is 10.4. The number of aromatic nitrogens is 3. The zero-order valence-corrected chi connectivity index (χ0v) is 11.8. The van der Waals surface area contributed by atoms with E-state index in [4.69, 9.17) is 0 Å². The third-order valence-corrected chi connectivity index (χ3v) is 3.64. The lowest BCUT2D eigenvalue weighted by molar-refractivity contribution is 0.677. The highest BCUT2D eigenvalue weighted by Crippen LogP contribution is 2.24. The lowest BCUT2D eigenvalue weighted by atomic mass is 9.88. The summed E-state index contributed by atoms with van der Waals surface area (Å²) in [5.74, 6) is 0.429. The topological polar surface area (TPSA) is 38.7 Å². The van der Waals surface area contributed by atoms with E-state index in [1.54, 1.807) is 0 Å². The van der Waals surface area contributed by atoms with E-state index in [9.17, 15) is 0 Å². The van der Waals surface area contributed by atoms with Gasteiger partial charge in [-0.25, -0.2) is 0 Å². The van der Waals surface area contributed by atoms with Crippen LogP contribution in [-0.4, -0.2) is 15.0 Å². The molecule has 0 N–H and O–H groups in total. The molecule has 104 valence electrons. The third-order valence-electron chi connectivity index (χ3n) is 3.64. The van der Waals surface area contributed by atoms with Crippen molar-refractivity contribution in [3.63, 3.8) is 0 Å². The Balaban J connectivity index is 1.84. The predicted octanol–water partition coefficient (Wildman–Crippen LogP) is 3.44. The zero-order chi connectivity index (χ0) is 14.3. The Kier molecular flexibility index (Phi) is 4.32. The Labute approximate surface area is 124 Å². The fraction of sp³-hybridized carbons (Fsp3) is 0.167. The first kappa shape index (κ1) is 13.4. The molecule has 3 nitrogen and oxygen atoms in total. The van der Waals surface area contributed by atoms with Crippen LogP contribution in [-0.2, 0) is 12.8 Å². The highest BCUT2D eigenvalue weighted by atomic mass is 14.6. The molecule has 0 aliphatic heterocycles. The van der Waals surface area contributed by atoms with Crippen LogP contribution in [0.3, 0.4) is 0 Å². The van der Waals surface area contributed by atoms with Gasteiger partial charge >= 0.3 is 0 Å². The quantitative estimate of drug-likeness (QED) is 0.716. The average Bonchev–Trinajstić information content (AvgIpc) is 2.57. The summed E-state index contributed by atoms with van der Waals surface area (Å²) < 4.78 is 0. The van der Waals surface area contributed by atoms with Crippen LogP contribution in [0.15, 0.2) is 73.6 Å². The van der Waals surface area contributed by atoms with Crippen molar-refractivity contribution >= 4 is 0 Å². The minimum Gasteiger partial charge on any atom is -0.265 e. The summed E-state index contributed by atoms with van der Waals surface area (Å²) in [6, 6.07) is 12.5. The lowest BCUT2D eigenvalue weighted by Gasteiger charge is -2.17. The van der Waals surface area contributed by atoms with Gasteiger partial charge in [-0.1, -0.05) is 0 Å². The van der Waals surface area contributed by atoms with Crippen molar-refractivity contribution in [3.05, 3.63) is 90.3 Å². The van der Waals surface area contributed by atoms with Crippen LogP contribution in [0.25, 0.3) is 0 Å². The molecule has 0 saturated carbocycles. The van der Waals surface area contributed by atoms with E-state index in [2.05, 4.69) is 51.4 Å². The summed E-state index contributed by atoms with van der Waals surface area (Å²) in [5.41, 5.74) is 3.93. The summed E-state index contributed by atoms with van der Waals surface area (Å²) in [4.78, 5) is 12.3. The molecule has 0 fully saturated rings. The lowest BCUT2D eigenvalue weighted by Crippen LogP contribution is -2.07. The molecule has 0 aliphatic rings. The number of pyridine rings is 3. The highest BCUT2D eigenvalue weighted by molar-refractivity contribution is 5.24. The first-order valence-corrected chi connectivity index (χ1v) is 7.09. The van der Waals surface area contributed by atoms with Gasteiger partial charge < -0.3 is 0 Å². The second kappa shape index (κ2) is 6.75. The second-order valence-corrected chi connectivity index (χ2v) is 5.10. The largest absolute Gasteiger partial charge is 0.265 e. The minimum atomic E-state index is 0.429. The van der Waals surface area contributed by atoms with Crippen molar-refractivity contribution in [2.75, 3.05) is 0 Å². The van der Waals surface area contributed by atoms with Crippen molar-refractivity contribution in [1.29, 1.82) is 0 Å². The Hall–Kier alpha value is -2.55. The van der Waals surface area contributed by atoms with Gasteiger partial charge in [0.15, 0.2) is 0 Å². The molecule has 3 rings (SSSR count). The van der Waals surface area contributed by atoms with Gasteiger partial charge in [0.05, 0.1) is 0 Å². The summed E-state index contributed by atoms with van der Waals surface area (Å²) in [6.07, 6.45) is 13.1. The van der Waals surface area contributed by atoms with Crippen molar-refractivity contribution in [2.45, 2.75) is 18.8 Å². The third kappa shape index (κ3) is 3.72. The molecule has 0 bridgehead atoms. The summed E-state index contributed by atoms with van der Waals surface area (Å²) in [6.45, 7) is 0. The van der Waals surface area contributed by atoms with Crippen LogP contribution in [0.1, 0.15) is 22.6 Å². The molecule has 0 atom stereocenters. The van der Waals surface area contributed by atoms with E-state index in [1.807, 2.05) is 37.2 Å². The molecular formula is C18H17N3. The Bertz CT molecular complexity index is 612. The Morgan fingerprint density at radius 1 is 0.571 bits per heavy atom. The van der Waals surface area contributed by atoms with E-state index >= 15 is 0 Å². The molecule has 0 aromatic carbocycles. The predicted molar refractivity (Wildman–Crippen MR) is 82.9 cm³/mol. The molecule has 0 unspecified atom stereocenters. The molecular weight excluding hydrogens is 258 g/mol. The van der Waals surface area contributed by atoms with Gasteiger partial charge in [0.2, 0.25) is 0 Å². The Morgan fingerprint density at radius 3 is 1.38 bits per heavy atom. The molecule has 0 aliphatic carbocycles. The zero-order valence-electron chi connectivity index (χ0n) is 11.8. The highest BCUT2D eigenvalue weighted by Gasteiger charge is 2.13. The smallest absolute Gasteiger partial charge is 0.0270 e. The number of hydrogen-bond donors (Lipinski definition) is 0. The van der Waals surface area contributed by atoms with Crippen LogP contribution in [0.2, 0.25) is 0 Å². The standard InChI is InChI=1S/C18H17N3/c1-7-19-8-2-15(1)13-18(17-5-11-21-12-6-17)14-16-3-9-20-10-4-16/h1-12,18H,13-14H2. The maximum Gasteiger partial charge on any atom is 0.0270 e. The number of nitrogens with zero attached hydrogens (tertiary/aromatic N) is 3. The second-order valence-electron chi connectivity index (χ2n) is 5.10. The first-order valence-electron chi connectivity index (χ1n) is 7.09. The summed E-state index contributed by atoms with van der Waals surface area (Å²) in [7, 11) is 0. The minimum absolute atomic E-state index is 0.429. The summed E-state index contributed by atoms with van der Waals surface area (Å²) >= 11 is 0. The fourth-order valence-corrected chi connectivity index (χ4v) is 2.55. The van der Waals surface area contributed by atoms with Gasteiger partial charge in [-0.05, 0) is 71.8 Å². The van der Waals surface area contributed by atoms with Crippen LogP contribution in [0, 0.1) is 0 Å². The average molecular weight is 275 g/mol. The molecule has 0 amide bonds. The summed E-state index contributed by atoms with van der Waals surface area (Å²) in [5, 5.41) is 0. The van der Waals surface area contributed by atoms with Gasteiger partial charge in [-0.2, -0.15) is 0 Å². The number of rotatable bonds is 5. The van der Waals surface area contributed by atoms with Gasteiger partial charge in [-0.3, -0.25) is 15.0 Å². The van der Waals surface area contributed by atoms with Crippen LogP contribution < -0.4 is 0 Å². The molecule has 0 radical (unpaired) electrons. The molecule has 3 aromatic rings. The van der Waals surface area contributed by atoms with E-state index < -0.39 is 0 Å². The molecule has 0 saturated heterocycles. The van der Waals surface area contributed by atoms with Gasteiger partial charge in [0, 0.05) is 37.2 Å². The molecule has 0 spiro atoms. The molecule has 21 heavy (non-hydrogen) atoms. The van der Waals surface area contributed by atoms with Crippen LogP contribution in [0.5, 0.6) is 0 Å². The maximum absolute atomic E-state index is 4.12. The fourth-order valence-electron chi connectivity index (χ4n) is 2.55. The van der Waals surface area contributed by atoms with Crippen LogP contribution >= 0.6 is 0 Å². The molecule has 3 heteroatoms. The normalized spacial score (nSPS) is 10.7. The van der Waals surface area contributed by atoms with Crippen molar-refractivity contribution < 1.29 is 0 Å². The van der Waals surface area contributed by atoms with E-state index in [-0.39, 0.29) is 0 Å².